The fourth-order valence-corrected chi connectivity index (χ4v) is 3.16. The van der Waals surface area contributed by atoms with Gasteiger partial charge in [-0.25, -0.2) is 22.3 Å². The fourth-order valence-electron chi connectivity index (χ4n) is 2.11. The van der Waals surface area contributed by atoms with Crippen molar-refractivity contribution in [3.05, 3.63) is 35.3 Å². The van der Waals surface area contributed by atoms with Gasteiger partial charge in [-0.3, -0.25) is 0 Å². The molecule has 2 rings (SSSR count). The van der Waals surface area contributed by atoms with Crippen molar-refractivity contribution >= 4 is 26.9 Å². The molecule has 1 aromatic heterocycles. The molecule has 0 radical (unpaired) electrons. The van der Waals surface area contributed by atoms with Gasteiger partial charge in [0.05, 0.1) is 5.75 Å². The van der Waals surface area contributed by atoms with Crippen LogP contribution >= 0.6 is 0 Å². The van der Waals surface area contributed by atoms with Gasteiger partial charge >= 0.3 is 5.97 Å². The van der Waals surface area contributed by atoms with Crippen LogP contribution in [0.2, 0.25) is 0 Å². The van der Waals surface area contributed by atoms with Crippen molar-refractivity contribution in [1.29, 1.82) is 0 Å². The van der Waals surface area contributed by atoms with E-state index in [1.165, 1.54) is 18.2 Å². The maximum absolute atomic E-state index is 13.3. The number of carboxylic acid groups (broad SMARTS) is 1. The first kappa shape index (κ1) is 15.5. The van der Waals surface area contributed by atoms with Crippen LogP contribution in [-0.2, 0) is 16.6 Å². The number of halogens is 1. The van der Waals surface area contributed by atoms with Crippen LogP contribution in [0.1, 0.15) is 29.4 Å². The Bertz CT molecular complexity index is 783. The standard InChI is InChI=1S/C13H15FN2O4S/c1-2-5-21(19,20)15-7-10-9-6-8(14)3-4-11(9)16-12(10)13(17)18/h3-4,6,15-16H,2,5,7H2,1H3,(H,17,18). The summed E-state index contributed by atoms with van der Waals surface area (Å²) in [5.41, 5.74) is 0.518. The highest BCUT2D eigenvalue weighted by Gasteiger charge is 2.19. The van der Waals surface area contributed by atoms with Crippen molar-refractivity contribution in [3.8, 4) is 0 Å². The highest BCUT2D eigenvalue weighted by Crippen LogP contribution is 2.23. The first-order chi connectivity index (χ1) is 9.84. The molecule has 0 bridgehead atoms. The third-order valence-corrected chi connectivity index (χ3v) is 4.55. The lowest BCUT2D eigenvalue weighted by molar-refractivity contribution is 0.0690. The number of hydrogen-bond donors (Lipinski definition) is 3. The first-order valence-corrected chi connectivity index (χ1v) is 8.00. The molecule has 0 fully saturated rings. The summed E-state index contributed by atoms with van der Waals surface area (Å²) >= 11 is 0. The van der Waals surface area contributed by atoms with E-state index < -0.39 is 21.8 Å². The van der Waals surface area contributed by atoms with E-state index in [1.54, 1.807) is 6.92 Å². The Morgan fingerprint density at radius 1 is 1.43 bits per heavy atom. The molecule has 114 valence electrons. The number of aromatic nitrogens is 1. The van der Waals surface area contributed by atoms with E-state index in [2.05, 4.69) is 9.71 Å². The monoisotopic (exact) mass is 314 g/mol. The molecule has 0 aliphatic rings. The number of hydrogen-bond acceptors (Lipinski definition) is 3. The Hall–Kier alpha value is -1.93. The molecule has 0 aliphatic heterocycles. The normalized spacial score (nSPS) is 11.9. The molecule has 0 spiro atoms. The molecule has 6 nitrogen and oxygen atoms in total. The highest BCUT2D eigenvalue weighted by atomic mass is 32.2. The molecule has 0 saturated carbocycles. The van der Waals surface area contributed by atoms with Gasteiger partial charge in [0, 0.05) is 23.0 Å². The molecule has 0 saturated heterocycles. The van der Waals surface area contributed by atoms with E-state index in [-0.39, 0.29) is 23.6 Å². The summed E-state index contributed by atoms with van der Waals surface area (Å²) in [5, 5.41) is 9.52. The topological polar surface area (TPSA) is 99.3 Å². The van der Waals surface area contributed by atoms with Crippen molar-refractivity contribution in [1.82, 2.24) is 9.71 Å². The first-order valence-electron chi connectivity index (χ1n) is 6.35. The smallest absolute Gasteiger partial charge is 0.352 e. The second kappa shape index (κ2) is 5.82. The number of rotatable bonds is 6. The number of carbonyl (C=O) groups is 1. The maximum Gasteiger partial charge on any atom is 0.352 e. The quantitative estimate of drug-likeness (QED) is 0.757. The summed E-state index contributed by atoms with van der Waals surface area (Å²) in [6.45, 7) is 1.52. The van der Waals surface area contributed by atoms with Crippen LogP contribution in [0.15, 0.2) is 18.2 Å². The number of fused-ring (bicyclic) bond motifs is 1. The van der Waals surface area contributed by atoms with Crippen LogP contribution in [0.4, 0.5) is 4.39 Å². The van der Waals surface area contributed by atoms with Crippen molar-refractivity contribution in [2.75, 3.05) is 5.75 Å². The van der Waals surface area contributed by atoms with Gasteiger partial charge in [0.1, 0.15) is 11.5 Å². The Kier molecular flexibility index (Phi) is 4.29. The second-order valence-electron chi connectivity index (χ2n) is 4.61. The Balaban J connectivity index is 2.43. The molecule has 0 unspecified atom stereocenters. The van der Waals surface area contributed by atoms with E-state index in [1.807, 2.05) is 0 Å². The predicted octanol–water partition coefficient (Wildman–Crippen LogP) is 1.83. The van der Waals surface area contributed by atoms with Crippen molar-refractivity contribution in [2.45, 2.75) is 19.9 Å². The van der Waals surface area contributed by atoms with E-state index >= 15 is 0 Å². The van der Waals surface area contributed by atoms with E-state index in [9.17, 15) is 17.6 Å². The summed E-state index contributed by atoms with van der Waals surface area (Å²) in [4.78, 5) is 13.9. The molecule has 2 aromatic rings. The number of sulfonamides is 1. The van der Waals surface area contributed by atoms with Gasteiger partial charge in [-0.1, -0.05) is 6.92 Å². The molecular formula is C13H15FN2O4S. The van der Waals surface area contributed by atoms with Gasteiger partial charge in [-0.2, -0.15) is 0 Å². The van der Waals surface area contributed by atoms with Crippen LogP contribution in [0.5, 0.6) is 0 Å². The summed E-state index contributed by atoms with van der Waals surface area (Å²) < 4.78 is 39.0. The lowest BCUT2D eigenvalue weighted by Gasteiger charge is -2.06. The molecule has 3 N–H and O–H groups in total. The number of H-pyrrole nitrogens is 1. The zero-order valence-corrected chi connectivity index (χ0v) is 12.1. The van der Waals surface area contributed by atoms with Gasteiger partial charge in [0.2, 0.25) is 10.0 Å². The van der Waals surface area contributed by atoms with Crippen LogP contribution in [0.25, 0.3) is 10.9 Å². The average molecular weight is 314 g/mol. The molecule has 8 heteroatoms. The third-order valence-electron chi connectivity index (χ3n) is 3.02. The minimum absolute atomic E-state index is 0.0495. The number of aromatic amines is 1. The van der Waals surface area contributed by atoms with Gasteiger partial charge in [0.15, 0.2) is 0 Å². The zero-order valence-electron chi connectivity index (χ0n) is 11.3. The van der Waals surface area contributed by atoms with E-state index in [0.717, 1.165) is 0 Å². The van der Waals surface area contributed by atoms with Gasteiger partial charge < -0.3 is 10.1 Å². The number of aromatic carboxylic acids is 1. The van der Waals surface area contributed by atoms with Crippen molar-refractivity contribution in [2.24, 2.45) is 0 Å². The maximum atomic E-state index is 13.3. The van der Waals surface area contributed by atoms with E-state index in [4.69, 9.17) is 5.11 Å². The SMILES string of the molecule is CCCS(=O)(=O)NCc1c(C(=O)O)[nH]c2ccc(F)cc12. The zero-order chi connectivity index (χ0) is 15.6. The summed E-state index contributed by atoms with van der Waals surface area (Å²) in [7, 11) is -3.48. The molecule has 1 aromatic carbocycles. The summed E-state index contributed by atoms with van der Waals surface area (Å²) in [6, 6.07) is 3.80. The third kappa shape index (κ3) is 3.40. The summed E-state index contributed by atoms with van der Waals surface area (Å²) in [6.07, 6.45) is 0.448. The summed E-state index contributed by atoms with van der Waals surface area (Å²) in [5.74, 6) is -1.79. The molecule has 0 amide bonds. The number of nitrogens with one attached hydrogen (secondary N) is 2. The fraction of sp³-hybridized carbons (Fsp3) is 0.308. The van der Waals surface area contributed by atoms with Crippen LogP contribution in [0.3, 0.4) is 0 Å². The lowest BCUT2D eigenvalue weighted by atomic mass is 10.1. The minimum Gasteiger partial charge on any atom is -0.477 e. The van der Waals surface area contributed by atoms with Crippen LogP contribution in [0, 0.1) is 5.82 Å². The highest BCUT2D eigenvalue weighted by molar-refractivity contribution is 7.89. The van der Waals surface area contributed by atoms with Gasteiger partial charge in [0.25, 0.3) is 0 Å². The molecular weight excluding hydrogens is 299 g/mol. The Labute approximate surface area is 121 Å². The lowest BCUT2D eigenvalue weighted by Crippen LogP contribution is -2.26. The predicted molar refractivity (Wildman–Crippen MR) is 76.1 cm³/mol. The molecule has 0 atom stereocenters. The second-order valence-corrected chi connectivity index (χ2v) is 6.54. The van der Waals surface area contributed by atoms with E-state index in [0.29, 0.717) is 17.3 Å². The minimum atomic E-state index is -3.48. The van der Waals surface area contributed by atoms with Crippen molar-refractivity contribution < 1.29 is 22.7 Å². The van der Waals surface area contributed by atoms with Gasteiger partial charge in [-0.05, 0) is 24.6 Å². The largest absolute Gasteiger partial charge is 0.477 e. The molecule has 1 heterocycles. The van der Waals surface area contributed by atoms with Gasteiger partial charge in [-0.15, -0.1) is 0 Å². The number of carboxylic acids is 1. The Morgan fingerprint density at radius 3 is 2.76 bits per heavy atom. The average Bonchev–Trinajstić information content (AvgIpc) is 2.74. The van der Waals surface area contributed by atoms with Crippen LogP contribution < -0.4 is 4.72 Å². The molecule has 21 heavy (non-hydrogen) atoms. The van der Waals surface area contributed by atoms with Crippen LogP contribution in [-0.4, -0.2) is 30.2 Å². The molecule has 0 aliphatic carbocycles. The number of benzene rings is 1. The Morgan fingerprint density at radius 2 is 2.14 bits per heavy atom. The van der Waals surface area contributed by atoms with Crippen molar-refractivity contribution in [3.63, 3.8) is 0 Å².